The lowest BCUT2D eigenvalue weighted by Crippen LogP contribution is -2.27. The van der Waals surface area contributed by atoms with Crippen LogP contribution in [0, 0.1) is 0 Å². The summed E-state index contributed by atoms with van der Waals surface area (Å²) in [5.41, 5.74) is 1.22. The van der Waals surface area contributed by atoms with Gasteiger partial charge in [0.05, 0.1) is 6.26 Å². The Morgan fingerprint density at radius 3 is 2.60 bits per heavy atom. The average Bonchev–Trinajstić information content (AvgIpc) is 2.53. The maximum Gasteiger partial charge on any atom is 0.173 e. The molecule has 2 rings (SSSR count). The van der Waals surface area contributed by atoms with Gasteiger partial charge in [-0.1, -0.05) is 25.7 Å². The van der Waals surface area contributed by atoms with Crippen LogP contribution in [0.2, 0.25) is 0 Å². The van der Waals surface area contributed by atoms with Crippen LogP contribution in [0.25, 0.3) is 0 Å². The molecule has 15 heavy (non-hydrogen) atoms. The van der Waals surface area contributed by atoms with E-state index in [1.54, 1.807) is 6.26 Å². The molecule has 0 aromatic carbocycles. The molecule has 0 aliphatic heterocycles. The summed E-state index contributed by atoms with van der Waals surface area (Å²) < 4.78 is 6.07. The first-order valence-corrected chi connectivity index (χ1v) is 6.61. The van der Waals surface area contributed by atoms with Gasteiger partial charge in [0.1, 0.15) is 0 Å². The first kappa shape index (κ1) is 11.2. The molecular formula is C12H18BrNO. The third-order valence-electron chi connectivity index (χ3n) is 3.13. The van der Waals surface area contributed by atoms with Crippen molar-refractivity contribution in [1.82, 2.24) is 5.32 Å². The van der Waals surface area contributed by atoms with Gasteiger partial charge in [-0.05, 0) is 34.8 Å². The largest absolute Gasteiger partial charge is 0.457 e. The predicted octanol–water partition coefficient (Wildman–Crippen LogP) is 3.85. The Balaban J connectivity index is 1.79. The van der Waals surface area contributed by atoms with Gasteiger partial charge in [-0.25, -0.2) is 0 Å². The van der Waals surface area contributed by atoms with E-state index in [1.807, 2.05) is 6.07 Å². The van der Waals surface area contributed by atoms with E-state index in [9.17, 15) is 0 Å². The zero-order valence-corrected chi connectivity index (χ0v) is 10.6. The highest BCUT2D eigenvalue weighted by molar-refractivity contribution is 9.10. The van der Waals surface area contributed by atoms with E-state index >= 15 is 0 Å². The van der Waals surface area contributed by atoms with Crippen molar-refractivity contribution in [3.05, 3.63) is 22.6 Å². The minimum absolute atomic E-state index is 0.703. The molecule has 84 valence electrons. The molecule has 3 heteroatoms. The first-order chi connectivity index (χ1) is 7.36. The van der Waals surface area contributed by atoms with Crippen molar-refractivity contribution < 1.29 is 4.42 Å². The zero-order valence-electron chi connectivity index (χ0n) is 8.97. The molecule has 0 saturated heterocycles. The molecule has 1 aliphatic rings. The minimum atomic E-state index is 0.703. The van der Waals surface area contributed by atoms with E-state index < -0.39 is 0 Å². The van der Waals surface area contributed by atoms with Crippen LogP contribution in [0.5, 0.6) is 0 Å². The highest BCUT2D eigenvalue weighted by atomic mass is 79.9. The van der Waals surface area contributed by atoms with E-state index in [-0.39, 0.29) is 0 Å². The SMILES string of the molecule is Brc1occc1CNC1CCCCCC1. The standard InChI is InChI=1S/C12H18BrNO/c13-12-10(7-8-15-12)9-14-11-5-3-1-2-4-6-11/h7-8,11,14H,1-6,9H2. The Morgan fingerprint density at radius 2 is 2.00 bits per heavy atom. The molecule has 1 saturated carbocycles. The summed E-state index contributed by atoms with van der Waals surface area (Å²) in [6.07, 6.45) is 9.97. The normalized spacial score (nSPS) is 19.0. The van der Waals surface area contributed by atoms with Crippen molar-refractivity contribution in [2.24, 2.45) is 0 Å². The molecule has 1 heterocycles. The van der Waals surface area contributed by atoms with Gasteiger partial charge in [-0.3, -0.25) is 0 Å². The molecule has 0 radical (unpaired) electrons. The molecule has 1 fully saturated rings. The molecule has 1 N–H and O–H groups in total. The van der Waals surface area contributed by atoms with Crippen molar-refractivity contribution >= 4 is 15.9 Å². The number of furan rings is 1. The minimum Gasteiger partial charge on any atom is -0.457 e. The summed E-state index contributed by atoms with van der Waals surface area (Å²) in [5, 5.41) is 3.61. The van der Waals surface area contributed by atoms with Gasteiger partial charge in [0.25, 0.3) is 0 Å². The topological polar surface area (TPSA) is 25.2 Å². The van der Waals surface area contributed by atoms with Crippen LogP contribution in [0.3, 0.4) is 0 Å². The van der Waals surface area contributed by atoms with Gasteiger partial charge >= 0.3 is 0 Å². The van der Waals surface area contributed by atoms with Gasteiger partial charge in [0, 0.05) is 18.2 Å². The third-order valence-corrected chi connectivity index (χ3v) is 3.83. The lowest BCUT2D eigenvalue weighted by Gasteiger charge is -2.15. The van der Waals surface area contributed by atoms with Gasteiger partial charge < -0.3 is 9.73 Å². The van der Waals surface area contributed by atoms with Crippen LogP contribution >= 0.6 is 15.9 Å². The van der Waals surface area contributed by atoms with Crippen LogP contribution < -0.4 is 5.32 Å². The molecule has 0 amide bonds. The summed E-state index contributed by atoms with van der Waals surface area (Å²) in [4.78, 5) is 0. The molecule has 0 bridgehead atoms. The number of hydrogen-bond donors (Lipinski definition) is 1. The molecule has 1 aromatic heterocycles. The van der Waals surface area contributed by atoms with Crippen molar-refractivity contribution in [2.45, 2.75) is 51.1 Å². The fraction of sp³-hybridized carbons (Fsp3) is 0.667. The third kappa shape index (κ3) is 3.35. The molecular weight excluding hydrogens is 254 g/mol. The molecule has 1 aliphatic carbocycles. The van der Waals surface area contributed by atoms with Crippen molar-refractivity contribution in [1.29, 1.82) is 0 Å². The van der Waals surface area contributed by atoms with E-state index in [2.05, 4.69) is 21.2 Å². The number of halogens is 1. The molecule has 0 atom stereocenters. The summed E-state index contributed by atoms with van der Waals surface area (Å²) >= 11 is 3.40. The van der Waals surface area contributed by atoms with Gasteiger partial charge in [-0.15, -0.1) is 0 Å². The number of hydrogen-bond acceptors (Lipinski definition) is 2. The summed E-state index contributed by atoms with van der Waals surface area (Å²) in [6, 6.07) is 2.72. The first-order valence-electron chi connectivity index (χ1n) is 5.81. The Hall–Kier alpha value is -0.280. The average molecular weight is 272 g/mol. The molecule has 1 aromatic rings. The van der Waals surface area contributed by atoms with Crippen molar-refractivity contribution in [3.63, 3.8) is 0 Å². The van der Waals surface area contributed by atoms with Crippen LogP contribution in [-0.4, -0.2) is 6.04 Å². The fourth-order valence-electron chi connectivity index (χ4n) is 2.18. The van der Waals surface area contributed by atoms with Crippen LogP contribution in [0.4, 0.5) is 0 Å². The lowest BCUT2D eigenvalue weighted by molar-refractivity contribution is 0.455. The maximum atomic E-state index is 5.21. The monoisotopic (exact) mass is 271 g/mol. The van der Waals surface area contributed by atoms with Crippen LogP contribution in [-0.2, 0) is 6.54 Å². The summed E-state index contributed by atoms with van der Waals surface area (Å²) in [7, 11) is 0. The van der Waals surface area contributed by atoms with Gasteiger partial charge in [-0.2, -0.15) is 0 Å². The molecule has 0 unspecified atom stereocenters. The Kier molecular flexibility index (Phi) is 4.27. The second-order valence-electron chi connectivity index (χ2n) is 4.29. The second kappa shape index (κ2) is 5.71. The van der Waals surface area contributed by atoms with Crippen molar-refractivity contribution in [2.75, 3.05) is 0 Å². The number of nitrogens with one attached hydrogen (secondary N) is 1. The Bertz CT molecular complexity index is 290. The van der Waals surface area contributed by atoms with Gasteiger partial charge in [0.2, 0.25) is 0 Å². The summed E-state index contributed by atoms with van der Waals surface area (Å²) in [6.45, 7) is 0.918. The Labute approximate surface area is 99.6 Å². The lowest BCUT2D eigenvalue weighted by atomic mass is 10.1. The zero-order chi connectivity index (χ0) is 10.5. The maximum absolute atomic E-state index is 5.21. The number of rotatable bonds is 3. The quantitative estimate of drug-likeness (QED) is 0.845. The second-order valence-corrected chi connectivity index (χ2v) is 5.01. The van der Waals surface area contributed by atoms with E-state index in [0.29, 0.717) is 6.04 Å². The smallest absolute Gasteiger partial charge is 0.173 e. The van der Waals surface area contributed by atoms with E-state index in [0.717, 1.165) is 11.2 Å². The fourth-order valence-corrected chi connectivity index (χ4v) is 2.56. The Morgan fingerprint density at radius 1 is 1.27 bits per heavy atom. The highest BCUT2D eigenvalue weighted by Gasteiger charge is 2.12. The van der Waals surface area contributed by atoms with E-state index in [1.165, 1.54) is 44.1 Å². The van der Waals surface area contributed by atoms with Crippen molar-refractivity contribution in [3.8, 4) is 0 Å². The van der Waals surface area contributed by atoms with Crippen LogP contribution in [0.15, 0.2) is 21.4 Å². The predicted molar refractivity (Wildman–Crippen MR) is 64.7 cm³/mol. The molecule has 0 spiro atoms. The highest BCUT2D eigenvalue weighted by Crippen LogP contribution is 2.20. The summed E-state index contributed by atoms with van der Waals surface area (Å²) in [5.74, 6) is 0. The van der Waals surface area contributed by atoms with E-state index in [4.69, 9.17) is 4.42 Å². The van der Waals surface area contributed by atoms with Gasteiger partial charge in [0.15, 0.2) is 4.67 Å². The molecule has 2 nitrogen and oxygen atoms in total. The van der Waals surface area contributed by atoms with Crippen LogP contribution in [0.1, 0.15) is 44.1 Å².